The Hall–Kier alpha value is -1.42. The number of hydrogen-bond donors (Lipinski definition) is 0. The third-order valence-electron chi connectivity index (χ3n) is 1.42. The van der Waals surface area contributed by atoms with Gasteiger partial charge in [0.25, 0.3) is 5.78 Å². The van der Waals surface area contributed by atoms with Gasteiger partial charge in [0, 0.05) is 4.88 Å². The fourth-order valence-corrected chi connectivity index (χ4v) is 1.43. The summed E-state index contributed by atoms with van der Waals surface area (Å²) in [6.07, 6.45) is 2.83. The van der Waals surface area contributed by atoms with Gasteiger partial charge in [0.15, 0.2) is 0 Å². The molecule has 0 amide bonds. The number of carbonyl (C=O) groups excluding carboxylic acids is 2. The lowest BCUT2D eigenvalue weighted by Gasteiger charge is -1.94. The van der Waals surface area contributed by atoms with E-state index in [-0.39, 0.29) is 6.61 Å². The van der Waals surface area contributed by atoms with Gasteiger partial charge in [-0.15, -0.1) is 11.3 Å². The average Bonchev–Trinajstić information content (AvgIpc) is 2.67. The van der Waals surface area contributed by atoms with E-state index in [0.29, 0.717) is 0 Å². The van der Waals surface area contributed by atoms with Crippen molar-refractivity contribution < 1.29 is 14.3 Å². The summed E-state index contributed by atoms with van der Waals surface area (Å²) in [7, 11) is 0. The number of thiophene rings is 1. The normalized spacial score (nSPS) is 10.4. The third-order valence-corrected chi connectivity index (χ3v) is 2.26. The maximum Gasteiger partial charge on any atom is 0.379 e. The lowest BCUT2D eigenvalue weighted by molar-refractivity contribution is -0.151. The number of rotatable bonds is 4. The highest BCUT2D eigenvalue weighted by molar-refractivity contribution is 7.10. The summed E-state index contributed by atoms with van der Waals surface area (Å²) in [5, 5.41) is 1.90. The van der Waals surface area contributed by atoms with Crippen molar-refractivity contribution in [2.75, 3.05) is 6.61 Å². The van der Waals surface area contributed by atoms with Crippen LogP contribution >= 0.6 is 11.3 Å². The molecule has 3 nitrogen and oxygen atoms in total. The molecule has 74 valence electrons. The second kappa shape index (κ2) is 5.34. The van der Waals surface area contributed by atoms with Crippen LogP contribution in [0.4, 0.5) is 0 Å². The van der Waals surface area contributed by atoms with E-state index in [2.05, 4.69) is 4.74 Å². The molecule has 0 atom stereocenters. The molecule has 0 aliphatic heterocycles. The van der Waals surface area contributed by atoms with Gasteiger partial charge in [0.2, 0.25) is 0 Å². The summed E-state index contributed by atoms with van der Waals surface area (Å²) >= 11 is 1.50. The van der Waals surface area contributed by atoms with Gasteiger partial charge in [0.05, 0.1) is 6.61 Å². The number of hydrogen-bond acceptors (Lipinski definition) is 4. The molecule has 0 saturated heterocycles. The van der Waals surface area contributed by atoms with E-state index in [4.69, 9.17) is 0 Å². The largest absolute Gasteiger partial charge is 0.460 e. The summed E-state index contributed by atoms with van der Waals surface area (Å²) in [4.78, 5) is 22.9. The highest BCUT2D eigenvalue weighted by atomic mass is 32.1. The van der Waals surface area contributed by atoms with Gasteiger partial charge in [-0.25, -0.2) is 4.79 Å². The van der Waals surface area contributed by atoms with Crippen LogP contribution in [0.1, 0.15) is 11.8 Å². The van der Waals surface area contributed by atoms with Crippen LogP contribution in [0, 0.1) is 0 Å². The highest BCUT2D eigenvalue weighted by Gasteiger charge is 2.09. The summed E-state index contributed by atoms with van der Waals surface area (Å²) in [6.45, 7) is 1.88. The van der Waals surface area contributed by atoms with E-state index >= 15 is 0 Å². The number of carbonyl (C=O) groups is 2. The zero-order valence-corrected chi connectivity index (χ0v) is 8.54. The van der Waals surface area contributed by atoms with E-state index in [0.717, 1.165) is 4.88 Å². The topological polar surface area (TPSA) is 43.4 Å². The second-order valence-electron chi connectivity index (χ2n) is 2.43. The Morgan fingerprint density at radius 1 is 1.57 bits per heavy atom. The minimum absolute atomic E-state index is 0.220. The number of ketones is 1. The fraction of sp³-hybridized carbons (Fsp3) is 0.200. The maximum atomic E-state index is 11.1. The molecule has 0 radical (unpaired) electrons. The summed E-state index contributed by atoms with van der Waals surface area (Å²) < 4.78 is 4.54. The van der Waals surface area contributed by atoms with Crippen LogP contribution in [0.5, 0.6) is 0 Å². The van der Waals surface area contributed by atoms with Crippen molar-refractivity contribution in [3.05, 3.63) is 28.5 Å². The number of esters is 1. The van der Waals surface area contributed by atoms with E-state index in [9.17, 15) is 9.59 Å². The van der Waals surface area contributed by atoms with Gasteiger partial charge in [0.1, 0.15) is 0 Å². The van der Waals surface area contributed by atoms with Crippen LogP contribution < -0.4 is 0 Å². The molecule has 0 aliphatic rings. The van der Waals surface area contributed by atoms with Crippen LogP contribution in [-0.2, 0) is 14.3 Å². The van der Waals surface area contributed by atoms with Gasteiger partial charge in [-0.1, -0.05) is 6.07 Å². The van der Waals surface area contributed by atoms with E-state index in [1.165, 1.54) is 17.4 Å². The van der Waals surface area contributed by atoms with Gasteiger partial charge < -0.3 is 4.74 Å². The molecule has 14 heavy (non-hydrogen) atoms. The molecular formula is C10H10O3S. The van der Waals surface area contributed by atoms with Gasteiger partial charge in [-0.2, -0.15) is 0 Å². The Balaban J connectivity index is 2.52. The summed E-state index contributed by atoms with van der Waals surface area (Å²) in [6, 6.07) is 3.73. The summed E-state index contributed by atoms with van der Waals surface area (Å²) in [5.74, 6) is -1.43. The van der Waals surface area contributed by atoms with Crippen LogP contribution in [0.2, 0.25) is 0 Å². The molecule has 0 saturated carbocycles. The monoisotopic (exact) mass is 210 g/mol. The van der Waals surface area contributed by atoms with Crippen molar-refractivity contribution >= 4 is 29.2 Å². The first-order valence-electron chi connectivity index (χ1n) is 4.16. The Morgan fingerprint density at radius 2 is 2.36 bits per heavy atom. The molecular weight excluding hydrogens is 200 g/mol. The Morgan fingerprint density at radius 3 is 2.93 bits per heavy atom. The SMILES string of the molecule is CCOC(=O)C(=O)/C=C/c1cccs1. The first-order chi connectivity index (χ1) is 6.74. The van der Waals surface area contributed by atoms with E-state index in [1.54, 1.807) is 13.0 Å². The van der Waals surface area contributed by atoms with Gasteiger partial charge in [-0.3, -0.25) is 4.79 Å². The Bertz CT molecular complexity index is 338. The molecule has 1 aromatic heterocycles. The van der Waals surface area contributed by atoms with Crippen molar-refractivity contribution in [2.24, 2.45) is 0 Å². The molecule has 0 spiro atoms. The zero-order valence-electron chi connectivity index (χ0n) is 7.73. The zero-order chi connectivity index (χ0) is 10.4. The quantitative estimate of drug-likeness (QED) is 0.433. The first-order valence-corrected chi connectivity index (χ1v) is 5.04. The van der Waals surface area contributed by atoms with Gasteiger partial charge >= 0.3 is 5.97 Å². The number of ether oxygens (including phenoxy) is 1. The minimum Gasteiger partial charge on any atom is -0.460 e. The van der Waals surface area contributed by atoms with Crippen molar-refractivity contribution in [3.8, 4) is 0 Å². The lowest BCUT2D eigenvalue weighted by atomic mass is 10.3. The standard InChI is InChI=1S/C10H10O3S/c1-2-13-10(12)9(11)6-5-8-4-3-7-14-8/h3-7H,2H2,1H3/b6-5+. The predicted molar refractivity (Wildman–Crippen MR) is 55.0 cm³/mol. The maximum absolute atomic E-state index is 11.1. The minimum atomic E-state index is -0.805. The van der Waals surface area contributed by atoms with Crippen molar-refractivity contribution in [1.82, 2.24) is 0 Å². The van der Waals surface area contributed by atoms with Crippen LogP contribution in [0.25, 0.3) is 6.08 Å². The molecule has 0 N–H and O–H groups in total. The fourth-order valence-electron chi connectivity index (χ4n) is 0.814. The molecule has 1 aromatic rings. The van der Waals surface area contributed by atoms with E-state index in [1.807, 2.05) is 17.5 Å². The van der Waals surface area contributed by atoms with E-state index < -0.39 is 11.8 Å². The molecule has 0 unspecified atom stereocenters. The molecule has 0 fully saturated rings. The highest BCUT2D eigenvalue weighted by Crippen LogP contribution is 2.09. The summed E-state index contributed by atoms with van der Waals surface area (Å²) in [5.41, 5.74) is 0. The smallest absolute Gasteiger partial charge is 0.379 e. The molecule has 1 heterocycles. The van der Waals surface area contributed by atoms with Gasteiger partial charge in [-0.05, 0) is 30.5 Å². The molecule has 4 heteroatoms. The Kier molecular flexibility index (Phi) is 4.07. The van der Waals surface area contributed by atoms with Crippen molar-refractivity contribution in [2.45, 2.75) is 6.92 Å². The molecule has 0 aromatic carbocycles. The predicted octanol–water partition coefficient (Wildman–Crippen LogP) is 1.89. The third kappa shape index (κ3) is 3.14. The first kappa shape index (κ1) is 10.7. The molecule has 0 bridgehead atoms. The van der Waals surface area contributed by atoms with Crippen molar-refractivity contribution in [3.63, 3.8) is 0 Å². The molecule has 0 aliphatic carbocycles. The van der Waals surface area contributed by atoms with Crippen LogP contribution in [-0.4, -0.2) is 18.4 Å². The van der Waals surface area contributed by atoms with Crippen LogP contribution in [0.3, 0.4) is 0 Å². The van der Waals surface area contributed by atoms with Crippen LogP contribution in [0.15, 0.2) is 23.6 Å². The average molecular weight is 210 g/mol. The molecule has 1 rings (SSSR count). The Labute approximate surface area is 86.0 Å². The second-order valence-corrected chi connectivity index (χ2v) is 3.41. The van der Waals surface area contributed by atoms with Crippen molar-refractivity contribution in [1.29, 1.82) is 0 Å². The lowest BCUT2D eigenvalue weighted by Crippen LogP contribution is -2.14.